The number of benzene rings is 1. The number of carbonyl (C=O) groups excluding carboxylic acids is 1. The quantitative estimate of drug-likeness (QED) is 0.838. The van der Waals surface area contributed by atoms with Crippen LogP contribution in [0.3, 0.4) is 0 Å². The van der Waals surface area contributed by atoms with Gasteiger partial charge in [0.05, 0.1) is 0 Å². The molecular weight excluding hydrogens is 260 g/mol. The lowest BCUT2D eigenvalue weighted by molar-refractivity contribution is 0.0933. The van der Waals surface area contributed by atoms with Gasteiger partial charge in [0.15, 0.2) is 0 Å². The molecule has 0 spiro atoms. The fourth-order valence-corrected chi connectivity index (χ4v) is 2.48. The molecule has 1 aromatic carbocycles. The first kappa shape index (κ1) is 16.0. The molecule has 19 heavy (non-hydrogen) atoms. The van der Waals surface area contributed by atoms with Gasteiger partial charge < -0.3 is 11.1 Å². The van der Waals surface area contributed by atoms with E-state index in [0.29, 0.717) is 12.6 Å². The molecular formula is C15H23ClN2O. The van der Waals surface area contributed by atoms with Crippen molar-refractivity contribution in [1.29, 1.82) is 0 Å². The van der Waals surface area contributed by atoms with Crippen LogP contribution in [-0.4, -0.2) is 11.9 Å². The molecule has 1 amide bonds. The molecule has 1 fully saturated rings. The van der Waals surface area contributed by atoms with E-state index in [1.54, 1.807) is 0 Å². The summed E-state index contributed by atoms with van der Waals surface area (Å²) in [5, 5.41) is 3.14. The van der Waals surface area contributed by atoms with Gasteiger partial charge in [-0.25, -0.2) is 0 Å². The Hall–Kier alpha value is -1.06. The van der Waals surface area contributed by atoms with E-state index < -0.39 is 0 Å². The third-order valence-corrected chi connectivity index (χ3v) is 3.64. The molecule has 1 aliphatic rings. The second-order valence-corrected chi connectivity index (χ2v) is 5.06. The maximum absolute atomic E-state index is 12.1. The molecule has 2 rings (SSSR count). The van der Waals surface area contributed by atoms with E-state index in [1.807, 2.05) is 24.3 Å². The average Bonchev–Trinajstić information content (AvgIpc) is 2.67. The molecule has 0 bridgehead atoms. The normalized spacial score (nSPS) is 16.3. The molecule has 0 aromatic heterocycles. The van der Waals surface area contributed by atoms with Crippen molar-refractivity contribution in [3.63, 3.8) is 0 Å². The number of halogens is 1. The molecule has 0 aliphatic heterocycles. The number of hydrogen-bond donors (Lipinski definition) is 2. The smallest absolute Gasteiger partial charge is 0.251 e. The lowest BCUT2D eigenvalue weighted by Gasteiger charge is -2.16. The minimum Gasteiger partial charge on any atom is -0.349 e. The van der Waals surface area contributed by atoms with Gasteiger partial charge in [0, 0.05) is 18.2 Å². The largest absolute Gasteiger partial charge is 0.349 e. The van der Waals surface area contributed by atoms with E-state index in [-0.39, 0.29) is 18.3 Å². The Morgan fingerprint density at radius 1 is 1.11 bits per heavy atom. The molecule has 0 atom stereocenters. The first-order chi connectivity index (χ1) is 8.79. The third-order valence-electron chi connectivity index (χ3n) is 3.64. The highest BCUT2D eigenvalue weighted by molar-refractivity contribution is 5.94. The summed E-state index contributed by atoms with van der Waals surface area (Å²) >= 11 is 0. The van der Waals surface area contributed by atoms with Crippen molar-refractivity contribution >= 4 is 18.3 Å². The van der Waals surface area contributed by atoms with Gasteiger partial charge in [0.2, 0.25) is 0 Å². The first-order valence-corrected chi connectivity index (χ1v) is 6.89. The SMILES string of the molecule is Cl.NCc1ccc(C(=O)NC2CCCCCC2)cc1. The Bertz CT molecular complexity index is 384. The third kappa shape index (κ3) is 4.84. The fourth-order valence-electron chi connectivity index (χ4n) is 2.48. The van der Waals surface area contributed by atoms with Crippen LogP contribution >= 0.6 is 12.4 Å². The lowest BCUT2D eigenvalue weighted by atomic mass is 10.1. The predicted molar refractivity (Wildman–Crippen MR) is 80.5 cm³/mol. The average molecular weight is 283 g/mol. The van der Waals surface area contributed by atoms with Crippen molar-refractivity contribution in [3.05, 3.63) is 35.4 Å². The second-order valence-electron chi connectivity index (χ2n) is 5.06. The number of nitrogens with one attached hydrogen (secondary N) is 1. The van der Waals surface area contributed by atoms with Crippen LogP contribution in [-0.2, 0) is 6.54 Å². The summed E-state index contributed by atoms with van der Waals surface area (Å²) < 4.78 is 0. The van der Waals surface area contributed by atoms with Crippen molar-refractivity contribution in [1.82, 2.24) is 5.32 Å². The van der Waals surface area contributed by atoms with Crippen LogP contribution in [0.25, 0.3) is 0 Å². The first-order valence-electron chi connectivity index (χ1n) is 6.89. The van der Waals surface area contributed by atoms with Crippen LogP contribution in [0.15, 0.2) is 24.3 Å². The second kappa shape index (κ2) is 8.18. The molecule has 1 aliphatic carbocycles. The summed E-state index contributed by atoms with van der Waals surface area (Å²) in [4.78, 5) is 12.1. The highest BCUT2D eigenvalue weighted by Crippen LogP contribution is 2.17. The van der Waals surface area contributed by atoms with E-state index in [2.05, 4.69) is 5.32 Å². The Kier molecular flexibility index (Phi) is 6.89. The fraction of sp³-hybridized carbons (Fsp3) is 0.533. The van der Waals surface area contributed by atoms with Gasteiger partial charge in [0.1, 0.15) is 0 Å². The maximum atomic E-state index is 12.1. The molecule has 106 valence electrons. The van der Waals surface area contributed by atoms with Crippen LogP contribution in [0.1, 0.15) is 54.4 Å². The van der Waals surface area contributed by atoms with Crippen molar-refractivity contribution in [3.8, 4) is 0 Å². The van der Waals surface area contributed by atoms with E-state index in [4.69, 9.17) is 5.73 Å². The molecule has 0 unspecified atom stereocenters. The van der Waals surface area contributed by atoms with Crippen molar-refractivity contribution in [2.75, 3.05) is 0 Å². The zero-order chi connectivity index (χ0) is 12.8. The van der Waals surface area contributed by atoms with Gasteiger partial charge in [0.25, 0.3) is 5.91 Å². The maximum Gasteiger partial charge on any atom is 0.251 e. The number of hydrogen-bond acceptors (Lipinski definition) is 2. The molecule has 3 N–H and O–H groups in total. The summed E-state index contributed by atoms with van der Waals surface area (Å²) in [6.45, 7) is 0.518. The Morgan fingerprint density at radius 2 is 1.68 bits per heavy atom. The summed E-state index contributed by atoms with van der Waals surface area (Å²) in [5.41, 5.74) is 7.33. The van der Waals surface area contributed by atoms with E-state index in [1.165, 1.54) is 25.7 Å². The molecule has 3 nitrogen and oxygen atoms in total. The minimum atomic E-state index is 0. The molecule has 4 heteroatoms. The van der Waals surface area contributed by atoms with Gasteiger partial charge in [-0.3, -0.25) is 4.79 Å². The Labute approximate surface area is 121 Å². The van der Waals surface area contributed by atoms with Crippen molar-refractivity contribution in [2.24, 2.45) is 5.73 Å². The number of rotatable bonds is 3. The van der Waals surface area contributed by atoms with Crippen LogP contribution in [0.4, 0.5) is 0 Å². The van der Waals surface area contributed by atoms with Gasteiger partial charge in [-0.1, -0.05) is 37.8 Å². The highest BCUT2D eigenvalue weighted by Gasteiger charge is 2.15. The lowest BCUT2D eigenvalue weighted by Crippen LogP contribution is -2.34. The zero-order valence-electron chi connectivity index (χ0n) is 11.2. The minimum absolute atomic E-state index is 0. The molecule has 0 radical (unpaired) electrons. The molecule has 1 saturated carbocycles. The van der Waals surface area contributed by atoms with Crippen molar-refractivity contribution < 1.29 is 4.79 Å². The Balaban J connectivity index is 0.00000180. The summed E-state index contributed by atoms with van der Waals surface area (Å²) in [6, 6.07) is 7.90. The number of amides is 1. The van der Waals surface area contributed by atoms with Crippen LogP contribution in [0.2, 0.25) is 0 Å². The number of carbonyl (C=O) groups is 1. The predicted octanol–water partition coefficient (Wildman–Crippen LogP) is 3.02. The molecule has 0 heterocycles. The monoisotopic (exact) mass is 282 g/mol. The standard InChI is InChI=1S/C15H22N2O.ClH/c16-11-12-7-9-13(10-8-12)15(18)17-14-5-3-1-2-4-6-14;/h7-10,14H,1-6,11,16H2,(H,17,18);1H. The number of nitrogens with two attached hydrogens (primary N) is 1. The highest BCUT2D eigenvalue weighted by atomic mass is 35.5. The summed E-state index contributed by atoms with van der Waals surface area (Å²) in [7, 11) is 0. The summed E-state index contributed by atoms with van der Waals surface area (Å²) in [5.74, 6) is 0.0467. The van der Waals surface area contributed by atoms with Crippen LogP contribution in [0.5, 0.6) is 0 Å². The van der Waals surface area contributed by atoms with E-state index in [9.17, 15) is 4.79 Å². The van der Waals surface area contributed by atoms with Gasteiger partial charge >= 0.3 is 0 Å². The Morgan fingerprint density at radius 3 is 2.21 bits per heavy atom. The summed E-state index contributed by atoms with van der Waals surface area (Å²) in [6.07, 6.45) is 7.31. The molecule has 0 saturated heterocycles. The topological polar surface area (TPSA) is 55.1 Å². The van der Waals surface area contributed by atoms with E-state index in [0.717, 1.165) is 24.0 Å². The van der Waals surface area contributed by atoms with Crippen molar-refractivity contribution in [2.45, 2.75) is 51.1 Å². The molecule has 1 aromatic rings. The van der Waals surface area contributed by atoms with Crippen LogP contribution < -0.4 is 11.1 Å². The van der Waals surface area contributed by atoms with E-state index >= 15 is 0 Å². The van der Waals surface area contributed by atoms with Gasteiger partial charge in [-0.05, 0) is 30.5 Å². The van der Waals surface area contributed by atoms with Gasteiger partial charge in [-0.2, -0.15) is 0 Å². The van der Waals surface area contributed by atoms with Gasteiger partial charge in [-0.15, -0.1) is 12.4 Å². The van der Waals surface area contributed by atoms with Crippen LogP contribution in [0, 0.1) is 0 Å². The zero-order valence-corrected chi connectivity index (χ0v) is 12.0.